The highest BCUT2D eigenvalue weighted by atomic mass is 35.5. The van der Waals surface area contributed by atoms with E-state index in [-0.39, 0.29) is 18.4 Å². The van der Waals surface area contributed by atoms with Gasteiger partial charge in [-0.05, 0) is 43.5 Å². The molecule has 1 aliphatic rings. The molecule has 1 aliphatic carbocycles. The van der Waals surface area contributed by atoms with E-state index in [0.29, 0.717) is 23.2 Å². The Morgan fingerprint density at radius 1 is 1.24 bits per heavy atom. The average molecular weight is 362 g/mol. The van der Waals surface area contributed by atoms with E-state index in [2.05, 4.69) is 25.6 Å². The summed E-state index contributed by atoms with van der Waals surface area (Å²) >= 11 is 0. The van der Waals surface area contributed by atoms with E-state index in [0.717, 1.165) is 30.7 Å². The van der Waals surface area contributed by atoms with Crippen molar-refractivity contribution in [1.29, 1.82) is 0 Å². The van der Waals surface area contributed by atoms with Gasteiger partial charge in [-0.25, -0.2) is 4.98 Å². The van der Waals surface area contributed by atoms with Crippen LogP contribution >= 0.6 is 12.4 Å². The molecule has 0 aliphatic heterocycles. The fourth-order valence-electron chi connectivity index (χ4n) is 3.03. The molecule has 1 aromatic carbocycles. The summed E-state index contributed by atoms with van der Waals surface area (Å²) in [6.07, 6.45) is 4.70. The molecule has 1 fully saturated rings. The number of hydrogen-bond donors (Lipinski definition) is 2. The molecule has 3 N–H and O–H groups in total. The number of hydrogen-bond acceptors (Lipinski definition) is 7. The van der Waals surface area contributed by atoms with Crippen molar-refractivity contribution >= 4 is 29.5 Å². The summed E-state index contributed by atoms with van der Waals surface area (Å²) in [6.45, 7) is 0. The number of nitrogens with two attached hydrogens (primary N) is 1. The molecule has 2 aromatic heterocycles. The van der Waals surface area contributed by atoms with Gasteiger partial charge in [0.25, 0.3) is 0 Å². The molecule has 0 saturated heterocycles. The number of rotatable bonds is 4. The van der Waals surface area contributed by atoms with Crippen molar-refractivity contribution in [2.45, 2.75) is 31.3 Å². The first-order chi connectivity index (χ1) is 11.7. The van der Waals surface area contributed by atoms with Gasteiger partial charge in [0.1, 0.15) is 5.75 Å². The van der Waals surface area contributed by atoms with Gasteiger partial charge in [0.05, 0.1) is 19.0 Å². The number of nitrogens with zero attached hydrogens (tertiary/aromatic N) is 5. The zero-order chi connectivity index (χ0) is 16.5. The first kappa shape index (κ1) is 17.4. The van der Waals surface area contributed by atoms with Crippen LogP contribution in [0.25, 0.3) is 16.9 Å². The predicted octanol–water partition coefficient (Wildman–Crippen LogP) is 1.93. The Hall–Kier alpha value is -2.45. The van der Waals surface area contributed by atoms with Crippen LogP contribution in [0, 0.1) is 0 Å². The molecular weight excluding hydrogens is 342 g/mol. The maximum Gasteiger partial charge on any atom is 0.225 e. The standard InChI is InChI=1S/C16H19N7O.ClH/c1-24-13-6-4-12(5-7-13)23-15-14(21-22-23)9-18-16(20-15)19-11-3-2-10(17)8-11;/h4-7,9-11H,2-3,8,17H2,1H3,(H,18,19,20);1H. The normalized spacial score (nSPS) is 19.6. The molecule has 132 valence electrons. The first-order valence-corrected chi connectivity index (χ1v) is 7.98. The molecular formula is C16H20ClN7O. The van der Waals surface area contributed by atoms with Crippen LogP contribution < -0.4 is 15.8 Å². The highest BCUT2D eigenvalue weighted by Crippen LogP contribution is 2.22. The fraction of sp³-hybridized carbons (Fsp3) is 0.375. The van der Waals surface area contributed by atoms with Crippen LogP contribution in [-0.4, -0.2) is 44.2 Å². The van der Waals surface area contributed by atoms with Gasteiger partial charge in [0.15, 0.2) is 11.2 Å². The summed E-state index contributed by atoms with van der Waals surface area (Å²) in [5, 5.41) is 11.7. The maximum absolute atomic E-state index is 5.96. The first-order valence-electron chi connectivity index (χ1n) is 7.98. The third kappa shape index (κ3) is 3.49. The topological polar surface area (TPSA) is 104 Å². The summed E-state index contributed by atoms with van der Waals surface area (Å²) in [4.78, 5) is 8.92. The number of nitrogens with one attached hydrogen (secondary N) is 1. The van der Waals surface area contributed by atoms with E-state index in [1.165, 1.54) is 0 Å². The lowest BCUT2D eigenvalue weighted by Gasteiger charge is -2.12. The summed E-state index contributed by atoms with van der Waals surface area (Å²) in [5.41, 5.74) is 8.15. The number of fused-ring (bicyclic) bond motifs is 1. The van der Waals surface area contributed by atoms with Crippen molar-refractivity contribution in [2.75, 3.05) is 12.4 Å². The van der Waals surface area contributed by atoms with E-state index >= 15 is 0 Å². The Morgan fingerprint density at radius 2 is 2.04 bits per heavy atom. The van der Waals surface area contributed by atoms with E-state index in [1.807, 2.05) is 24.3 Å². The van der Waals surface area contributed by atoms with E-state index in [9.17, 15) is 0 Å². The summed E-state index contributed by atoms with van der Waals surface area (Å²) in [5.74, 6) is 1.37. The third-order valence-electron chi connectivity index (χ3n) is 4.32. The SMILES string of the molecule is COc1ccc(-n2nnc3cnc(NC4CCC(N)C4)nc32)cc1.Cl. The Labute approximate surface area is 151 Å². The van der Waals surface area contributed by atoms with Crippen molar-refractivity contribution in [3.8, 4) is 11.4 Å². The van der Waals surface area contributed by atoms with E-state index in [4.69, 9.17) is 10.5 Å². The van der Waals surface area contributed by atoms with Gasteiger partial charge in [0.2, 0.25) is 5.95 Å². The van der Waals surface area contributed by atoms with Crippen LogP contribution in [0.1, 0.15) is 19.3 Å². The minimum atomic E-state index is 0. The second-order valence-corrected chi connectivity index (χ2v) is 6.02. The second kappa shape index (κ2) is 7.20. The van der Waals surface area contributed by atoms with E-state index < -0.39 is 0 Å². The molecule has 25 heavy (non-hydrogen) atoms. The molecule has 1 saturated carbocycles. The van der Waals surface area contributed by atoms with Crippen LogP contribution in [0.15, 0.2) is 30.5 Å². The summed E-state index contributed by atoms with van der Waals surface area (Å²) < 4.78 is 6.88. The number of anilines is 1. The van der Waals surface area contributed by atoms with Gasteiger partial charge in [-0.3, -0.25) is 0 Å². The van der Waals surface area contributed by atoms with Gasteiger partial charge < -0.3 is 15.8 Å². The number of ether oxygens (including phenoxy) is 1. The fourth-order valence-corrected chi connectivity index (χ4v) is 3.03. The van der Waals surface area contributed by atoms with Crippen LogP contribution in [0.4, 0.5) is 5.95 Å². The minimum absolute atomic E-state index is 0. The highest BCUT2D eigenvalue weighted by molar-refractivity contribution is 5.85. The third-order valence-corrected chi connectivity index (χ3v) is 4.32. The van der Waals surface area contributed by atoms with Gasteiger partial charge in [-0.1, -0.05) is 5.21 Å². The van der Waals surface area contributed by atoms with Crippen molar-refractivity contribution in [2.24, 2.45) is 5.73 Å². The number of aromatic nitrogens is 5. The number of benzene rings is 1. The lowest BCUT2D eigenvalue weighted by molar-refractivity contribution is 0.414. The van der Waals surface area contributed by atoms with Crippen LogP contribution in [0.5, 0.6) is 5.75 Å². The summed E-state index contributed by atoms with van der Waals surface area (Å²) in [6, 6.07) is 8.17. The molecule has 2 unspecified atom stereocenters. The van der Waals surface area contributed by atoms with Crippen LogP contribution in [-0.2, 0) is 0 Å². The molecule has 2 heterocycles. The number of halogens is 1. The average Bonchev–Trinajstić information content (AvgIpc) is 3.21. The predicted molar refractivity (Wildman–Crippen MR) is 97.5 cm³/mol. The van der Waals surface area contributed by atoms with Crippen molar-refractivity contribution < 1.29 is 4.74 Å². The highest BCUT2D eigenvalue weighted by Gasteiger charge is 2.22. The van der Waals surface area contributed by atoms with Gasteiger partial charge in [0, 0.05) is 12.1 Å². The van der Waals surface area contributed by atoms with Gasteiger partial charge >= 0.3 is 0 Å². The maximum atomic E-state index is 5.96. The summed E-state index contributed by atoms with van der Waals surface area (Å²) in [7, 11) is 1.64. The van der Waals surface area contributed by atoms with E-state index in [1.54, 1.807) is 18.0 Å². The van der Waals surface area contributed by atoms with Crippen molar-refractivity contribution in [3.05, 3.63) is 30.5 Å². The molecule has 9 heteroatoms. The zero-order valence-corrected chi connectivity index (χ0v) is 14.6. The molecule has 2 atom stereocenters. The van der Waals surface area contributed by atoms with Crippen molar-refractivity contribution in [1.82, 2.24) is 25.0 Å². The Balaban J connectivity index is 0.00000182. The largest absolute Gasteiger partial charge is 0.497 e. The number of methoxy groups -OCH3 is 1. The lowest BCUT2D eigenvalue weighted by Crippen LogP contribution is -2.21. The molecule has 0 amide bonds. The molecule has 4 rings (SSSR count). The zero-order valence-electron chi connectivity index (χ0n) is 13.8. The van der Waals surface area contributed by atoms with Crippen molar-refractivity contribution in [3.63, 3.8) is 0 Å². The molecule has 0 radical (unpaired) electrons. The molecule has 8 nitrogen and oxygen atoms in total. The Morgan fingerprint density at radius 3 is 2.72 bits per heavy atom. The minimum Gasteiger partial charge on any atom is -0.497 e. The smallest absolute Gasteiger partial charge is 0.225 e. The van der Waals surface area contributed by atoms with Crippen LogP contribution in [0.3, 0.4) is 0 Å². The lowest BCUT2D eigenvalue weighted by atomic mass is 10.2. The Bertz CT molecular complexity index is 851. The second-order valence-electron chi connectivity index (χ2n) is 6.02. The molecule has 0 bridgehead atoms. The van der Waals surface area contributed by atoms with Crippen LogP contribution in [0.2, 0.25) is 0 Å². The quantitative estimate of drug-likeness (QED) is 0.731. The molecule has 3 aromatic rings. The Kier molecular flexibility index (Phi) is 5.00. The monoisotopic (exact) mass is 361 g/mol. The molecule has 0 spiro atoms. The van der Waals surface area contributed by atoms with Gasteiger partial charge in [-0.2, -0.15) is 9.67 Å². The van der Waals surface area contributed by atoms with Gasteiger partial charge in [-0.15, -0.1) is 17.5 Å².